The van der Waals surface area contributed by atoms with E-state index in [2.05, 4.69) is 10.3 Å². The van der Waals surface area contributed by atoms with Gasteiger partial charge in [-0.05, 0) is 13.0 Å². The molecular weight excluding hydrogens is 166 g/mol. The summed E-state index contributed by atoms with van der Waals surface area (Å²) in [5.41, 5.74) is 3.50. The normalized spacial score (nSPS) is 11.1. The first-order chi connectivity index (χ1) is 5.31. The maximum absolute atomic E-state index is 10.6. The zero-order valence-corrected chi connectivity index (χ0v) is 6.97. The lowest BCUT2D eigenvalue weighted by Gasteiger charge is -1.97. The molecule has 0 aliphatic heterocycles. The van der Waals surface area contributed by atoms with Gasteiger partial charge in [0.05, 0.1) is 6.61 Å². The molecule has 0 aromatic rings. The molecule has 62 valence electrons. The van der Waals surface area contributed by atoms with E-state index in [0.717, 1.165) is 0 Å². The summed E-state index contributed by atoms with van der Waals surface area (Å²) in [6.45, 7) is 2.02. The van der Waals surface area contributed by atoms with Crippen LogP contribution in [0.5, 0.6) is 0 Å². The topological polar surface area (TPSA) is 38.3 Å². The summed E-state index contributed by atoms with van der Waals surface area (Å²) in [6, 6.07) is 0. The van der Waals surface area contributed by atoms with E-state index < -0.39 is 0 Å². The number of rotatable bonds is 4. The molecule has 0 saturated heterocycles. The van der Waals surface area contributed by atoms with Crippen LogP contribution in [0.1, 0.15) is 6.92 Å². The molecule has 11 heavy (non-hydrogen) atoms. The van der Waals surface area contributed by atoms with Crippen molar-refractivity contribution < 1.29 is 9.63 Å². The smallest absolute Gasteiger partial charge is 0.267 e. The van der Waals surface area contributed by atoms with Crippen LogP contribution in [-0.4, -0.2) is 12.5 Å². The Morgan fingerprint density at radius 2 is 2.45 bits per heavy atom. The van der Waals surface area contributed by atoms with E-state index in [1.54, 1.807) is 19.1 Å². The predicted molar refractivity (Wildman–Crippen MR) is 43.9 cm³/mol. The molecule has 0 aromatic carbocycles. The molecule has 0 unspecified atom stereocenters. The zero-order valence-electron chi connectivity index (χ0n) is 6.21. The summed E-state index contributed by atoms with van der Waals surface area (Å²) in [4.78, 5) is 15.3. The maximum atomic E-state index is 10.6. The second-order valence-electron chi connectivity index (χ2n) is 1.64. The molecule has 0 rings (SSSR count). The van der Waals surface area contributed by atoms with Crippen LogP contribution in [0.4, 0.5) is 0 Å². The highest BCUT2D eigenvalue weighted by molar-refractivity contribution is 6.25. The van der Waals surface area contributed by atoms with E-state index in [1.165, 1.54) is 11.6 Å². The highest BCUT2D eigenvalue weighted by Gasteiger charge is 1.89. The molecule has 0 atom stereocenters. The van der Waals surface area contributed by atoms with Crippen LogP contribution in [0.3, 0.4) is 0 Å². The fourth-order valence-corrected chi connectivity index (χ4v) is 0.455. The number of halogens is 1. The van der Waals surface area contributed by atoms with Crippen molar-refractivity contribution in [1.82, 2.24) is 5.48 Å². The zero-order chi connectivity index (χ0) is 8.53. The Kier molecular flexibility index (Phi) is 6.78. The number of hydrogen-bond donors (Lipinski definition) is 1. The van der Waals surface area contributed by atoms with Crippen LogP contribution in [0, 0.1) is 0 Å². The van der Waals surface area contributed by atoms with Gasteiger partial charge in [0.1, 0.15) is 0 Å². The summed E-state index contributed by atoms with van der Waals surface area (Å²) in [6.07, 6.45) is 4.55. The number of nitrogens with one attached hydrogen (secondary N) is 1. The summed E-state index contributed by atoms with van der Waals surface area (Å²) >= 11 is 5.19. The van der Waals surface area contributed by atoms with Crippen LogP contribution < -0.4 is 5.48 Å². The largest absolute Gasteiger partial charge is 0.269 e. The van der Waals surface area contributed by atoms with E-state index in [4.69, 9.17) is 11.6 Å². The Morgan fingerprint density at radius 3 is 3.00 bits per heavy atom. The first-order valence-electron chi connectivity index (χ1n) is 3.11. The lowest BCUT2D eigenvalue weighted by molar-refractivity contribution is -0.127. The third kappa shape index (κ3) is 7.09. The van der Waals surface area contributed by atoms with Crippen molar-refractivity contribution >= 4 is 17.5 Å². The van der Waals surface area contributed by atoms with Crippen molar-refractivity contribution in [2.24, 2.45) is 0 Å². The second-order valence-corrected chi connectivity index (χ2v) is 1.89. The summed E-state index contributed by atoms with van der Waals surface area (Å²) in [5.74, 6) is -0.282. The Morgan fingerprint density at radius 1 is 1.73 bits per heavy atom. The van der Waals surface area contributed by atoms with Gasteiger partial charge in [-0.15, -0.1) is 0 Å². The van der Waals surface area contributed by atoms with Gasteiger partial charge in [-0.3, -0.25) is 9.63 Å². The molecule has 0 bridgehead atoms. The van der Waals surface area contributed by atoms with Crippen molar-refractivity contribution in [3.8, 4) is 0 Å². The van der Waals surface area contributed by atoms with Gasteiger partial charge in [0.2, 0.25) is 0 Å². The summed E-state index contributed by atoms with van der Waals surface area (Å²) in [5, 5.41) is 0. The van der Waals surface area contributed by atoms with Crippen LogP contribution in [0.25, 0.3) is 0 Å². The van der Waals surface area contributed by atoms with Crippen molar-refractivity contribution in [2.45, 2.75) is 6.92 Å². The number of carbonyl (C=O) groups is 1. The lowest BCUT2D eigenvalue weighted by atomic mass is 10.5. The fraction of sp³-hybridized carbons (Fsp3) is 0.286. The molecule has 0 aliphatic rings. The third-order valence-corrected chi connectivity index (χ3v) is 0.938. The first-order valence-corrected chi connectivity index (χ1v) is 3.54. The lowest BCUT2D eigenvalue weighted by Crippen LogP contribution is -2.21. The van der Waals surface area contributed by atoms with Crippen LogP contribution in [0.2, 0.25) is 0 Å². The molecule has 0 spiro atoms. The standard InChI is InChI=1S/C7H10ClNO2/c1-2-4-7(10)9-11-6-3-5-8/h2-5H,6H2,1H3,(H,9,10)/b4-2+,5-3+. The van der Waals surface area contributed by atoms with Gasteiger partial charge in [-0.1, -0.05) is 17.7 Å². The van der Waals surface area contributed by atoms with Gasteiger partial charge < -0.3 is 0 Å². The quantitative estimate of drug-likeness (QED) is 0.398. The van der Waals surface area contributed by atoms with Gasteiger partial charge >= 0.3 is 0 Å². The van der Waals surface area contributed by atoms with Gasteiger partial charge in [0.25, 0.3) is 5.91 Å². The Balaban J connectivity index is 3.31. The van der Waals surface area contributed by atoms with Crippen molar-refractivity contribution in [1.29, 1.82) is 0 Å². The molecule has 0 aliphatic carbocycles. The summed E-state index contributed by atoms with van der Waals surface area (Å²) in [7, 11) is 0. The minimum Gasteiger partial charge on any atom is -0.269 e. The molecule has 1 amide bonds. The molecule has 0 radical (unpaired) electrons. The highest BCUT2D eigenvalue weighted by Crippen LogP contribution is 1.78. The third-order valence-electron chi connectivity index (χ3n) is 0.759. The maximum Gasteiger partial charge on any atom is 0.267 e. The number of amides is 1. The minimum absolute atomic E-state index is 0.271. The van der Waals surface area contributed by atoms with E-state index in [-0.39, 0.29) is 12.5 Å². The van der Waals surface area contributed by atoms with Gasteiger partial charge in [0, 0.05) is 11.6 Å². The van der Waals surface area contributed by atoms with Gasteiger partial charge in [0.15, 0.2) is 0 Å². The molecule has 0 aromatic heterocycles. The fourth-order valence-electron chi connectivity index (χ4n) is 0.383. The van der Waals surface area contributed by atoms with Gasteiger partial charge in [-0.25, -0.2) is 5.48 Å². The Labute approximate surface area is 70.6 Å². The summed E-state index contributed by atoms with van der Waals surface area (Å²) < 4.78 is 0. The molecule has 3 nitrogen and oxygen atoms in total. The Hall–Kier alpha value is -0.800. The number of carbonyl (C=O) groups excluding carboxylic acids is 1. The second kappa shape index (κ2) is 7.31. The van der Waals surface area contributed by atoms with Crippen molar-refractivity contribution in [3.05, 3.63) is 23.8 Å². The number of allylic oxidation sites excluding steroid dienone is 1. The highest BCUT2D eigenvalue weighted by atomic mass is 35.5. The Bertz CT molecular complexity index is 166. The van der Waals surface area contributed by atoms with E-state index in [9.17, 15) is 4.79 Å². The van der Waals surface area contributed by atoms with Gasteiger partial charge in [-0.2, -0.15) is 0 Å². The molecule has 0 saturated carbocycles. The molecule has 0 fully saturated rings. The van der Waals surface area contributed by atoms with E-state index >= 15 is 0 Å². The van der Waals surface area contributed by atoms with Crippen molar-refractivity contribution in [3.63, 3.8) is 0 Å². The van der Waals surface area contributed by atoms with Crippen LogP contribution in [0.15, 0.2) is 23.8 Å². The van der Waals surface area contributed by atoms with Crippen LogP contribution in [-0.2, 0) is 9.63 Å². The molecule has 4 heteroatoms. The first kappa shape index (κ1) is 10.2. The van der Waals surface area contributed by atoms with Crippen LogP contribution >= 0.6 is 11.6 Å². The van der Waals surface area contributed by atoms with E-state index in [1.807, 2.05) is 0 Å². The number of hydroxylamine groups is 1. The number of hydrogen-bond acceptors (Lipinski definition) is 2. The molecule has 1 N–H and O–H groups in total. The predicted octanol–water partition coefficient (Wildman–Crippen LogP) is 1.36. The SMILES string of the molecule is C/C=C/C(=O)NOC/C=C/Cl. The average molecular weight is 176 g/mol. The monoisotopic (exact) mass is 175 g/mol. The van der Waals surface area contributed by atoms with Crippen molar-refractivity contribution in [2.75, 3.05) is 6.61 Å². The minimum atomic E-state index is -0.282. The average Bonchev–Trinajstić information content (AvgIpc) is 1.99. The van der Waals surface area contributed by atoms with E-state index in [0.29, 0.717) is 0 Å². The molecule has 0 heterocycles. The molecular formula is C7H10ClNO2.